The van der Waals surface area contributed by atoms with Crippen LogP contribution >= 0.6 is 20.2 Å². The number of hydrogen-bond acceptors (Lipinski definition) is 3. The van der Waals surface area contributed by atoms with E-state index >= 15 is 0 Å². The summed E-state index contributed by atoms with van der Waals surface area (Å²) in [5, 5.41) is 14.4. The van der Waals surface area contributed by atoms with Crippen LogP contribution in [0.1, 0.15) is 76.4 Å². The van der Waals surface area contributed by atoms with Crippen molar-refractivity contribution in [1.29, 1.82) is 0 Å². The Morgan fingerprint density at radius 2 is 0.968 bits per heavy atom. The van der Waals surface area contributed by atoms with E-state index in [1.807, 2.05) is 32.6 Å². The van der Waals surface area contributed by atoms with Crippen LogP contribution in [0.2, 0.25) is 0 Å². The van der Waals surface area contributed by atoms with Crippen LogP contribution in [-0.2, 0) is 32.4 Å². The second-order valence-corrected chi connectivity index (χ2v) is 9.37. The predicted octanol–water partition coefficient (Wildman–Crippen LogP) is 6.07. The first-order chi connectivity index (χ1) is 15.2. The van der Waals surface area contributed by atoms with Crippen molar-refractivity contribution in [3.8, 4) is 0 Å². The average molecular weight is 507 g/mol. The van der Waals surface area contributed by atoms with Gasteiger partial charge in [0.2, 0.25) is 0 Å². The molecule has 0 aromatic carbocycles. The first-order valence-electron chi connectivity index (χ1n) is 11.0. The van der Waals surface area contributed by atoms with Gasteiger partial charge in [0.25, 0.3) is 0 Å². The molecule has 6 nitrogen and oxygen atoms in total. The molecule has 3 heterocycles. The number of unbranched alkanes of at least 4 members (excludes halogenated alkanes) is 3. The summed E-state index contributed by atoms with van der Waals surface area (Å²) >= 11 is 0.00694. The van der Waals surface area contributed by atoms with Crippen molar-refractivity contribution in [2.75, 3.05) is 0 Å². The van der Waals surface area contributed by atoms with Crippen LogP contribution < -0.4 is 0 Å². The van der Waals surface area contributed by atoms with E-state index in [0.29, 0.717) is 0 Å². The van der Waals surface area contributed by atoms with Gasteiger partial charge in [0.1, 0.15) is 0 Å². The SMILES string of the molecule is CCCCc1ccn([C-](n2ccc(CCCC)n2)n2ccc(CCCC)n2)n1.[Cl][Mn][Cl]. The maximum absolute atomic E-state index is 4.80. The van der Waals surface area contributed by atoms with Gasteiger partial charge < -0.3 is 0 Å². The van der Waals surface area contributed by atoms with Crippen LogP contribution in [0, 0.1) is 6.29 Å². The van der Waals surface area contributed by atoms with Gasteiger partial charge in [0.05, 0.1) is 17.1 Å². The number of aryl methyl sites for hydroxylation is 3. The van der Waals surface area contributed by atoms with Gasteiger partial charge in [-0.2, -0.15) is 15.3 Å². The molecule has 173 valence electrons. The van der Waals surface area contributed by atoms with Gasteiger partial charge in [0.15, 0.2) is 6.29 Å². The number of rotatable bonds is 12. The third-order valence-electron chi connectivity index (χ3n) is 4.91. The molecule has 3 aromatic rings. The number of hydrogen-bond donors (Lipinski definition) is 0. The molecular weight excluding hydrogens is 474 g/mol. The molecule has 0 aliphatic rings. The Balaban J connectivity index is 0.00000107. The summed E-state index contributed by atoms with van der Waals surface area (Å²) in [6, 6.07) is 6.29. The number of nitrogens with zero attached hydrogens (tertiary/aromatic N) is 6. The van der Waals surface area contributed by atoms with Crippen LogP contribution in [0.3, 0.4) is 0 Å². The molecule has 3 aromatic heterocycles. The van der Waals surface area contributed by atoms with E-state index in [9.17, 15) is 0 Å². The Morgan fingerprint density at radius 3 is 1.23 bits per heavy atom. The molecule has 0 aliphatic heterocycles. The molecule has 0 radical (unpaired) electrons. The second-order valence-electron chi connectivity index (χ2n) is 7.42. The van der Waals surface area contributed by atoms with E-state index < -0.39 is 0 Å². The molecule has 0 spiro atoms. The summed E-state index contributed by atoms with van der Waals surface area (Å²) in [6.07, 6.45) is 16.8. The molecule has 0 saturated carbocycles. The zero-order chi connectivity index (χ0) is 22.5. The van der Waals surface area contributed by atoms with Crippen molar-refractivity contribution < 1.29 is 13.1 Å². The maximum atomic E-state index is 4.80. The van der Waals surface area contributed by atoms with Crippen molar-refractivity contribution in [1.82, 2.24) is 29.3 Å². The Kier molecular flexibility index (Phi) is 12.2. The number of aromatic nitrogens is 6. The average Bonchev–Trinajstić information content (AvgIpc) is 3.52. The van der Waals surface area contributed by atoms with Gasteiger partial charge in [-0.25, -0.2) is 0 Å². The Morgan fingerprint density at radius 1 is 0.677 bits per heavy atom. The fourth-order valence-electron chi connectivity index (χ4n) is 3.21. The number of halogens is 2. The van der Waals surface area contributed by atoms with Crippen LogP contribution in [0.5, 0.6) is 0 Å². The third-order valence-corrected chi connectivity index (χ3v) is 4.91. The van der Waals surface area contributed by atoms with E-state index in [0.717, 1.165) is 61.9 Å². The van der Waals surface area contributed by atoms with Gasteiger partial charge in [-0.15, -0.1) is 0 Å². The van der Waals surface area contributed by atoms with Crippen molar-refractivity contribution in [2.45, 2.75) is 78.6 Å². The fourth-order valence-corrected chi connectivity index (χ4v) is 3.21. The van der Waals surface area contributed by atoms with Crippen LogP contribution in [0.4, 0.5) is 0 Å². The van der Waals surface area contributed by atoms with E-state index in [1.54, 1.807) is 0 Å². The molecule has 0 fully saturated rings. The van der Waals surface area contributed by atoms with Gasteiger partial charge in [-0.1, -0.05) is 58.2 Å². The fraction of sp³-hybridized carbons (Fsp3) is 0.545. The molecule has 9 heteroatoms. The zero-order valence-corrected chi connectivity index (χ0v) is 21.3. The summed E-state index contributed by atoms with van der Waals surface area (Å²) in [5.74, 6) is 0. The van der Waals surface area contributed by atoms with E-state index in [1.165, 1.54) is 19.3 Å². The van der Waals surface area contributed by atoms with Gasteiger partial charge in [0, 0.05) is 0 Å². The van der Waals surface area contributed by atoms with Gasteiger partial charge >= 0.3 is 33.3 Å². The topological polar surface area (TPSA) is 53.5 Å². The first kappa shape index (κ1) is 25.9. The molecular formula is C22H33Cl2MnN6-. The van der Waals surface area contributed by atoms with Crippen molar-refractivity contribution >= 4 is 20.2 Å². The van der Waals surface area contributed by atoms with Gasteiger partial charge in [-0.05, 0) is 57.1 Å². The monoisotopic (exact) mass is 506 g/mol. The van der Waals surface area contributed by atoms with E-state index in [4.69, 9.17) is 35.5 Å². The van der Waals surface area contributed by atoms with E-state index in [-0.39, 0.29) is 13.1 Å². The van der Waals surface area contributed by atoms with Gasteiger partial charge in [-0.3, -0.25) is 14.0 Å². The quantitative estimate of drug-likeness (QED) is 0.221. The summed E-state index contributed by atoms with van der Waals surface area (Å²) in [7, 11) is 9.59. The summed E-state index contributed by atoms with van der Waals surface area (Å²) in [4.78, 5) is 0. The molecule has 3 rings (SSSR count). The molecule has 0 saturated heterocycles. The molecule has 0 aliphatic carbocycles. The summed E-state index contributed by atoms with van der Waals surface area (Å²) < 4.78 is 5.70. The molecule has 0 amide bonds. The van der Waals surface area contributed by atoms with Crippen LogP contribution in [0.15, 0.2) is 36.8 Å². The normalized spacial score (nSPS) is 10.7. The molecule has 31 heavy (non-hydrogen) atoms. The van der Waals surface area contributed by atoms with Crippen molar-refractivity contribution in [3.05, 3.63) is 60.2 Å². The van der Waals surface area contributed by atoms with Crippen molar-refractivity contribution in [2.24, 2.45) is 0 Å². The van der Waals surface area contributed by atoms with E-state index in [2.05, 4.69) is 39.0 Å². The minimum atomic E-state index is 0.00694. The minimum absolute atomic E-state index is 0.00694. The second kappa shape index (κ2) is 14.6. The van der Waals surface area contributed by atoms with Crippen LogP contribution in [0.25, 0.3) is 0 Å². The summed E-state index contributed by atoms with van der Waals surface area (Å²) in [5.41, 5.74) is 3.32. The molecule has 0 unspecified atom stereocenters. The molecule has 0 bridgehead atoms. The molecule has 0 atom stereocenters. The van der Waals surface area contributed by atoms with Crippen LogP contribution in [-0.4, -0.2) is 29.3 Å². The standard InChI is InChI=1S/C22H33N6.2ClH.Mn/c1-4-7-10-19-13-16-26(23-19)22(27-17-14-20(24-27)11-8-5-2)28-18-15-21(25-28)12-9-6-3;;;/h13-18H,4-12H2,1-3H3;2*1H;/q-1;;;+2/p-2. The predicted molar refractivity (Wildman–Crippen MR) is 124 cm³/mol. The zero-order valence-electron chi connectivity index (χ0n) is 18.6. The third kappa shape index (κ3) is 8.23. The Bertz CT molecular complexity index is 750. The Labute approximate surface area is 200 Å². The summed E-state index contributed by atoms with van der Waals surface area (Å²) in [6.45, 7) is 6.62. The Hall–Kier alpha value is -1.40. The molecule has 0 N–H and O–H groups in total. The first-order valence-corrected chi connectivity index (χ1v) is 14.3. The van der Waals surface area contributed by atoms with Crippen molar-refractivity contribution in [3.63, 3.8) is 0 Å².